The molecule has 1 fully saturated rings. The van der Waals surface area contributed by atoms with Gasteiger partial charge in [0.15, 0.2) is 6.73 Å². The zero-order valence-corrected chi connectivity index (χ0v) is 19.4. The topological polar surface area (TPSA) is 116 Å². The van der Waals surface area contributed by atoms with E-state index in [2.05, 4.69) is 16.7 Å². The van der Waals surface area contributed by atoms with Gasteiger partial charge in [-0.1, -0.05) is 54.6 Å². The number of nitrogens with two attached hydrogens (primary N) is 2. The Bertz CT molecular complexity index is 1450. The van der Waals surface area contributed by atoms with E-state index < -0.39 is 17.0 Å². The summed E-state index contributed by atoms with van der Waals surface area (Å²) < 4.78 is 8.09. The van der Waals surface area contributed by atoms with Gasteiger partial charge >= 0.3 is 0 Å². The molecule has 1 aliphatic carbocycles. The maximum absolute atomic E-state index is 11.6. The molecule has 176 valence electrons. The molecule has 0 unspecified atom stereocenters. The Morgan fingerprint density at radius 3 is 2.40 bits per heavy atom. The predicted octanol–water partition coefficient (Wildman–Crippen LogP) is 4.03. The average Bonchev–Trinajstić information content (AvgIpc) is 3.23. The first-order chi connectivity index (χ1) is 16.7. The minimum atomic E-state index is -0.710. The number of benzene rings is 3. The molecule has 7 heteroatoms. The number of imidazole rings is 1. The summed E-state index contributed by atoms with van der Waals surface area (Å²) in [5, 5.41) is 10.2. The van der Waals surface area contributed by atoms with Gasteiger partial charge in [-0.15, -0.1) is 0 Å². The third-order valence-corrected chi connectivity index (χ3v) is 7.00. The molecular formula is C28H26N4O3. The smallest absolute Gasteiger partial charge is 0.248 e. The van der Waals surface area contributed by atoms with E-state index in [4.69, 9.17) is 21.2 Å². The molecule has 2 aliphatic rings. The molecule has 0 bridgehead atoms. The van der Waals surface area contributed by atoms with E-state index in [1.165, 1.54) is 0 Å². The third-order valence-electron chi connectivity index (χ3n) is 7.00. The average molecular weight is 467 g/mol. The summed E-state index contributed by atoms with van der Waals surface area (Å²) in [6, 6.07) is 23.4. The number of carbonyl (C=O) groups is 1. The summed E-state index contributed by atoms with van der Waals surface area (Å²) in [6.07, 6.45) is 1.07. The largest absolute Gasteiger partial charge is 0.472 e. The number of aliphatic hydroxyl groups is 1. The molecule has 1 aromatic heterocycles. The lowest BCUT2D eigenvalue weighted by Gasteiger charge is -2.49. The lowest BCUT2D eigenvalue weighted by atomic mass is 9.63. The van der Waals surface area contributed by atoms with Crippen LogP contribution >= 0.6 is 0 Å². The van der Waals surface area contributed by atoms with E-state index >= 15 is 0 Å². The Kier molecular flexibility index (Phi) is 4.64. The van der Waals surface area contributed by atoms with E-state index in [-0.39, 0.29) is 6.73 Å². The quantitative estimate of drug-likeness (QED) is 0.420. The number of fused-ring (bicyclic) bond motifs is 3. The highest BCUT2D eigenvalue weighted by molar-refractivity contribution is 5.94. The summed E-state index contributed by atoms with van der Waals surface area (Å²) in [5.41, 5.74) is 16.8. The summed E-state index contributed by atoms with van der Waals surface area (Å²) in [6.45, 7) is 2.08. The molecule has 0 radical (unpaired) electrons. The number of rotatable bonds is 4. The second kappa shape index (κ2) is 7.53. The fraction of sp³-hybridized carbons (Fsp3) is 0.214. The molecule has 0 saturated heterocycles. The number of amides is 1. The standard InChI is InChI=1S/C28H26N4O3/c1-27(34)14-28(30,15-27)20-10-7-17(8-11-20)23-24(18-5-3-2-4-6-18)32-16-35-22-13-19(25(29)33)9-12-21(22)26(32)31-23/h2-13,34H,14-16,30H2,1H3,(H2,29,33)/t27-,28-. The first kappa shape index (κ1) is 21.6. The molecule has 35 heavy (non-hydrogen) atoms. The van der Waals surface area contributed by atoms with Gasteiger partial charge in [-0.05, 0) is 43.5 Å². The number of ether oxygens (including phenoxy) is 1. The zero-order valence-electron chi connectivity index (χ0n) is 19.4. The molecule has 1 saturated carbocycles. The SMILES string of the molecule is C[C@]1(O)C[C@@](N)(c2ccc(-c3nc4n(c3-c3ccccc3)COc3cc(C(N)=O)ccc3-4)cc2)C1. The van der Waals surface area contributed by atoms with Crippen LogP contribution in [0.2, 0.25) is 0 Å². The van der Waals surface area contributed by atoms with Crippen molar-refractivity contribution >= 4 is 5.91 Å². The first-order valence-corrected chi connectivity index (χ1v) is 11.6. The fourth-order valence-electron chi connectivity index (χ4n) is 5.46. The van der Waals surface area contributed by atoms with E-state index in [0.29, 0.717) is 24.2 Å². The van der Waals surface area contributed by atoms with Gasteiger partial charge in [-0.2, -0.15) is 0 Å². The van der Waals surface area contributed by atoms with E-state index in [1.54, 1.807) is 12.1 Å². The van der Waals surface area contributed by atoms with Crippen LogP contribution in [0.3, 0.4) is 0 Å². The van der Waals surface area contributed by atoms with Crippen LogP contribution in [-0.4, -0.2) is 26.2 Å². The molecule has 1 aliphatic heterocycles. The first-order valence-electron chi connectivity index (χ1n) is 11.6. The molecule has 0 spiro atoms. The van der Waals surface area contributed by atoms with Crippen LogP contribution in [0, 0.1) is 0 Å². The van der Waals surface area contributed by atoms with Crippen molar-refractivity contribution in [2.45, 2.75) is 37.6 Å². The van der Waals surface area contributed by atoms with Crippen molar-refractivity contribution < 1.29 is 14.6 Å². The number of aromatic nitrogens is 2. The summed E-state index contributed by atoms with van der Waals surface area (Å²) in [5.74, 6) is 0.856. The Labute approximate surface area is 203 Å². The van der Waals surface area contributed by atoms with Gasteiger partial charge in [0.25, 0.3) is 0 Å². The van der Waals surface area contributed by atoms with Crippen molar-refractivity contribution in [2.75, 3.05) is 0 Å². The lowest BCUT2D eigenvalue weighted by molar-refractivity contribution is -0.0738. The highest BCUT2D eigenvalue weighted by Gasteiger charge is 2.49. The van der Waals surface area contributed by atoms with Crippen molar-refractivity contribution in [3.8, 4) is 39.7 Å². The molecule has 4 aromatic rings. The zero-order chi connectivity index (χ0) is 24.4. The van der Waals surface area contributed by atoms with Gasteiger partial charge in [0, 0.05) is 22.2 Å². The second-order valence-corrected chi connectivity index (χ2v) is 9.86. The lowest BCUT2D eigenvalue weighted by Crippen LogP contribution is -2.58. The Morgan fingerprint density at radius 2 is 1.74 bits per heavy atom. The monoisotopic (exact) mass is 466 g/mol. The van der Waals surface area contributed by atoms with Crippen LogP contribution in [0.15, 0.2) is 72.8 Å². The fourth-order valence-corrected chi connectivity index (χ4v) is 5.46. The molecule has 6 rings (SSSR count). The second-order valence-electron chi connectivity index (χ2n) is 9.86. The van der Waals surface area contributed by atoms with Crippen LogP contribution in [0.4, 0.5) is 0 Å². The van der Waals surface area contributed by atoms with Crippen molar-refractivity contribution in [3.05, 3.63) is 83.9 Å². The van der Waals surface area contributed by atoms with Crippen LogP contribution < -0.4 is 16.2 Å². The Hall–Kier alpha value is -3.94. The van der Waals surface area contributed by atoms with Gasteiger partial charge in [0.1, 0.15) is 11.6 Å². The Balaban J connectivity index is 1.47. The Morgan fingerprint density at radius 1 is 1.03 bits per heavy atom. The molecule has 1 amide bonds. The maximum Gasteiger partial charge on any atom is 0.248 e. The van der Waals surface area contributed by atoms with Gasteiger partial charge in [-0.3, -0.25) is 9.36 Å². The number of hydrogen-bond acceptors (Lipinski definition) is 5. The van der Waals surface area contributed by atoms with Gasteiger partial charge in [-0.25, -0.2) is 4.98 Å². The van der Waals surface area contributed by atoms with E-state index in [9.17, 15) is 9.90 Å². The molecule has 0 atom stereocenters. The van der Waals surface area contributed by atoms with Crippen molar-refractivity contribution in [1.82, 2.24) is 9.55 Å². The number of hydrogen-bond donors (Lipinski definition) is 3. The molecule has 5 N–H and O–H groups in total. The minimum absolute atomic E-state index is 0.265. The van der Waals surface area contributed by atoms with Crippen molar-refractivity contribution in [2.24, 2.45) is 11.5 Å². The molecule has 2 heterocycles. The van der Waals surface area contributed by atoms with Crippen LogP contribution in [-0.2, 0) is 12.3 Å². The summed E-state index contributed by atoms with van der Waals surface area (Å²) in [4.78, 5) is 16.7. The van der Waals surface area contributed by atoms with Crippen molar-refractivity contribution in [1.29, 1.82) is 0 Å². The third kappa shape index (κ3) is 3.51. The minimum Gasteiger partial charge on any atom is -0.472 e. The summed E-state index contributed by atoms with van der Waals surface area (Å²) >= 11 is 0. The van der Waals surface area contributed by atoms with Crippen LogP contribution in [0.25, 0.3) is 33.9 Å². The highest BCUT2D eigenvalue weighted by atomic mass is 16.5. The normalized spacial score (nSPS) is 22.5. The summed E-state index contributed by atoms with van der Waals surface area (Å²) in [7, 11) is 0. The molecule has 7 nitrogen and oxygen atoms in total. The maximum atomic E-state index is 11.6. The molecular weight excluding hydrogens is 440 g/mol. The van der Waals surface area contributed by atoms with Gasteiger partial charge in [0.2, 0.25) is 5.91 Å². The van der Waals surface area contributed by atoms with E-state index in [1.807, 2.05) is 55.5 Å². The predicted molar refractivity (Wildman–Crippen MR) is 133 cm³/mol. The van der Waals surface area contributed by atoms with Gasteiger partial charge in [0.05, 0.1) is 22.6 Å². The van der Waals surface area contributed by atoms with Crippen LogP contribution in [0.5, 0.6) is 5.75 Å². The number of nitrogens with zero attached hydrogens (tertiary/aromatic N) is 2. The number of primary amides is 1. The van der Waals surface area contributed by atoms with Gasteiger partial charge < -0.3 is 21.3 Å². The number of carbonyl (C=O) groups excluding carboxylic acids is 1. The van der Waals surface area contributed by atoms with Crippen molar-refractivity contribution in [3.63, 3.8) is 0 Å². The van der Waals surface area contributed by atoms with E-state index in [0.717, 1.165) is 39.5 Å². The highest BCUT2D eigenvalue weighted by Crippen LogP contribution is 2.47. The molecule has 3 aromatic carbocycles. The van der Waals surface area contributed by atoms with Crippen LogP contribution in [0.1, 0.15) is 35.7 Å².